The van der Waals surface area contributed by atoms with Gasteiger partial charge in [0.15, 0.2) is 0 Å². The number of benzene rings is 1. The third kappa shape index (κ3) is 2.58. The zero-order chi connectivity index (χ0) is 14.8. The van der Waals surface area contributed by atoms with E-state index in [0.29, 0.717) is 18.1 Å². The number of aromatic nitrogens is 3. The predicted octanol–water partition coefficient (Wildman–Crippen LogP) is 1.82. The lowest BCUT2D eigenvalue weighted by molar-refractivity contribution is 0.0246. The summed E-state index contributed by atoms with van der Waals surface area (Å²) in [5.74, 6) is 1.11. The second kappa shape index (κ2) is 5.82. The lowest BCUT2D eigenvalue weighted by atomic mass is 10.1. The first kappa shape index (κ1) is 13.4. The Balaban J connectivity index is 1.62. The summed E-state index contributed by atoms with van der Waals surface area (Å²) in [7, 11) is 0. The Kier molecular flexibility index (Phi) is 3.54. The molecule has 6 heteroatoms. The van der Waals surface area contributed by atoms with E-state index in [1.807, 2.05) is 30.3 Å². The molecule has 1 aliphatic heterocycles. The summed E-state index contributed by atoms with van der Waals surface area (Å²) >= 11 is 0. The van der Waals surface area contributed by atoms with Gasteiger partial charge in [0.25, 0.3) is 0 Å². The van der Waals surface area contributed by atoms with Gasteiger partial charge in [0.1, 0.15) is 5.69 Å². The number of fused-ring (bicyclic) bond motifs is 1. The fraction of sp³-hybridized carbons (Fsp3) is 0.312. The summed E-state index contributed by atoms with van der Waals surface area (Å²) < 4.78 is 11.0. The SMILES string of the molecule is c1ccc2c(-c3noc(CC4CNCCO4)n3)nccc2c1. The normalized spacial score (nSPS) is 18.6. The molecule has 6 nitrogen and oxygen atoms in total. The Labute approximate surface area is 127 Å². The number of pyridine rings is 1. The van der Waals surface area contributed by atoms with E-state index in [2.05, 4.69) is 20.4 Å². The van der Waals surface area contributed by atoms with Crippen LogP contribution in [0.2, 0.25) is 0 Å². The van der Waals surface area contributed by atoms with Crippen LogP contribution in [0.5, 0.6) is 0 Å². The molecule has 1 saturated heterocycles. The van der Waals surface area contributed by atoms with Crippen molar-refractivity contribution < 1.29 is 9.26 Å². The molecular formula is C16H16N4O2. The van der Waals surface area contributed by atoms with Crippen LogP contribution in [-0.2, 0) is 11.2 Å². The van der Waals surface area contributed by atoms with Crippen LogP contribution in [0, 0.1) is 0 Å². The first-order valence-corrected chi connectivity index (χ1v) is 7.39. The molecule has 1 aromatic carbocycles. The van der Waals surface area contributed by atoms with Crippen molar-refractivity contribution in [2.24, 2.45) is 0 Å². The topological polar surface area (TPSA) is 73.1 Å². The fourth-order valence-electron chi connectivity index (χ4n) is 2.68. The fourth-order valence-corrected chi connectivity index (χ4v) is 2.68. The zero-order valence-corrected chi connectivity index (χ0v) is 12.0. The average Bonchev–Trinajstić information content (AvgIpc) is 3.03. The van der Waals surface area contributed by atoms with E-state index in [4.69, 9.17) is 9.26 Å². The standard InChI is InChI=1S/C16H16N4O2/c1-2-4-13-11(3-1)5-6-18-15(13)16-19-14(22-20-16)9-12-10-17-7-8-21-12/h1-6,12,17H,7-10H2. The third-order valence-electron chi connectivity index (χ3n) is 3.76. The first-order chi connectivity index (χ1) is 10.9. The van der Waals surface area contributed by atoms with Crippen LogP contribution in [0.1, 0.15) is 5.89 Å². The molecule has 0 aliphatic carbocycles. The van der Waals surface area contributed by atoms with Crippen LogP contribution in [0.15, 0.2) is 41.1 Å². The summed E-state index contributed by atoms with van der Waals surface area (Å²) in [5.41, 5.74) is 0.746. The first-order valence-electron chi connectivity index (χ1n) is 7.39. The van der Waals surface area contributed by atoms with E-state index in [1.54, 1.807) is 6.20 Å². The van der Waals surface area contributed by atoms with Crippen LogP contribution in [0.25, 0.3) is 22.3 Å². The van der Waals surface area contributed by atoms with Crippen molar-refractivity contribution in [3.8, 4) is 11.5 Å². The number of hydrogen-bond acceptors (Lipinski definition) is 6. The van der Waals surface area contributed by atoms with Crippen molar-refractivity contribution in [3.05, 3.63) is 42.4 Å². The summed E-state index contributed by atoms with van der Waals surface area (Å²) in [5, 5.41) is 9.50. The van der Waals surface area contributed by atoms with Gasteiger partial charge in [-0.25, -0.2) is 0 Å². The van der Waals surface area contributed by atoms with Crippen LogP contribution < -0.4 is 5.32 Å². The molecule has 0 spiro atoms. The average molecular weight is 296 g/mol. The molecule has 3 aromatic rings. The highest BCUT2D eigenvalue weighted by Gasteiger charge is 2.19. The maximum atomic E-state index is 5.66. The number of nitrogens with zero attached hydrogens (tertiary/aromatic N) is 3. The molecule has 1 unspecified atom stereocenters. The Hall–Kier alpha value is -2.31. The van der Waals surface area contributed by atoms with Crippen molar-refractivity contribution in [3.63, 3.8) is 0 Å². The third-order valence-corrected chi connectivity index (χ3v) is 3.76. The minimum atomic E-state index is 0.0857. The minimum Gasteiger partial charge on any atom is -0.375 e. The molecule has 3 heterocycles. The van der Waals surface area contributed by atoms with Crippen molar-refractivity contribution in [2.45, 2.75) is 12.5 Å². The molecular weight excluding hydrogens is 280 g/mol. The molecule has 0 radical (unpaired) electrons. The Morgan fingerprint density at radius 3 is 3.09 bits per heavy atom. The molecule has 0 amide bonds. The molecule has 1 N–H and O–H groups in total. The number of morpholine rings is 1. The van der Waals surface area contributed by atoms with Crippen molar-refractivity contribution in [1.29, 1.82) is 0 Å². The van der Waals surface area contributed by atoms with E-state index in [0.717, 1.165) is 36.2 Å². The molecule has 22 heavy (non-hydrogen) atoms. The number of nitrogens with one attached hydrogen (secondary N) is 1. The monoisotopic (exact) mass is 296 g/mol. The molecule has 1 fully saturated rings. The van der Waals surface area contributed by atoms with Crippen LogP contribution in [0.3, 0.4) is 0 Å². The predicted molar refractivity (Wildman–Crippen MR) is 81.3 cm³/mol. The van der Waals surface area contributed by atoms with Crippen molar-refractivity contribution in [2.75, 3.05) is 19.7 Å². The molecule has 1 atom stereocenters. The molecule has 112 valence electrons. The van der Waals surface area contributed by atoms with Crippen LogP contribution >= 0.6 is 0 Å². The van der Waals surface area contributed by atoms with Crippen LogP contribution in [-0.4, -0.2) is 40.9 Å². The van der Waals surface area contributed by atoms with Gasteiger partial charge in [0, 0.05) is 24.7 Å². The highest BCUT2D eigenvalue weighted by atomic mass is 16.5. The number of hydrogen-bond donors (Lipinski definition) is 1. The van der Waals surface area contributed by atoms with E-state index < -0.39 is 0 Å². The summed E-state index contributed by atoms with van der Waals surface area (Å²) in [6, 6.07) is 10.0. The lowest BCUT2D eigenvalue weighted by Crippen LogP contribution is -2.39. The highest BCUT2D eigenvalue weighted by molar-refractivity contribution is 5.92. The van der Waals surface area contributed by atoms with Gasteiger partial charge < -0.3 is 14.6 Å². The largest absolute Gasteiger partial charge is 0.375 e. The number of rotatable bonds is 3. The maximum Gasteiger partial charge on any atom is 0.229 e. The Bertz CT molecular complexity index is 775. The molecule has 0 saturated carbocycles. The van der Waals surface area contributed by atoms with Gasteiger partial charge in [0.05, 0.1) is 19.1 Å². The molecule has 0 bridgehead atoms. The second-order valence-corrected chi connectivity index (χ2v) is 5.29. The summed E-state index contributed by atoms with van der Waals surface area (Å²) in [4.78, 5) is 8.89. The van der Waals surface area contributed by atoms with Crippen molar-refractivity contribution in [1.82, 2.24) is 20.4 Å². The van der Waals surface area contributed by atoms with Gasteiger partial charge in [-0.15, -0.1) is 0 Å². The Morgan fingerprint density at radius 2 is 2.18 bits per heavy atom. The van der Waals surface area contributed by atoms with Crippen molar-refractivity contribution >= 4 is 10.8 Å². The molecule has 1 aliphatic rings. The van der Waals surface area contributed by atoms with E-state index in [9.17, 15) is 0 Å². The van der Waals surface area contributed by atoms with Gasteiger partial charge in [-0.3, -0.25) is 4.98 Å². The Morgan fingerprint density at radius 1 is 1.23 bits per heavy atom. The van der Waals surface area contributed by atoms with Crippen LogP contribution in [0.4, 0.5) is 0 Å². The molecule has 4 rings (SSSR count). The zero-order valence-electron chi connectivity index (χ0n) is 12.0. The highest BCUT2D eigenvalue weighted by Crippen LogP contribution is 2.24. The van der Waals surface area contributed by atoms with Gasteiger partial charge in [-0.05, 0) is 11.5 Å². The van der Waals surface area contributed by atoms with Gasteiger partial charge in [0.2, 0.25) is 11.7 Å². The quantitative estimate of drug-likeness (QED) is 0.794. The lowest BCUT2D eigenvalue weighted by Gasteiger charge is -2.21. The van der Waals surface area contributed by atoms with Gasteiger partial charge in [-0.1, -0.05) is 29.4 Å². The van der Waals surface area contributed by atoms with Gasteiger partial charge >= 0.3 is 0 Å². The van der Waals surface area contributed by atoms with Gasteiger partial charge in [-0.2, -0.15) is 4.98 Å². The smallest absolute Gasteiger partial charge is 0.229 e. The second-order valence-electron chi connectivity index (χ2n) is 5.29. The number of ether oxygens (including phenoxy) is 1. The van der Waals surface area contributed by atoms with E-state index in [-0.39, 0.29) is 6.10 Å². The molecule has 2 aromatic heterocycles. The maximum absolute atomic E-state index is 5.66. The van der Waals surface area contributed by atoms with E-state index in [1.165, 1.54) is 0 Å². The summed E-state index contributed by atoms with van der Waals surface area (Å²) in [6.45, 7) is 2.42. The minimum absolute atomic E-state index is 0.0857. The summed E-state index contributed by atoms with van der Waals surface area (Å²) in [6.07, 6.45) is 2.47. The van der Waals surface area contributed by atoms with E-state index >= 15 is 0 Å².